The number of fused-ring (bicyclic) bond motifs is 3. The zero-order valence-corrected chi connectivity index (χ0v) is 23.3. The second-order valence-corrected chi connectivity index (χ2v) is 10.7. The van der Waals surface area contributed by atoms with Gasteiger partial charge in [-0.15, -0.1) is 0 Å². The fourth-order valence-electron chi connectivity index (χ4n) is 6.21. The number of nitrogens with zero attached hydrogens (tertiary/aromatic N) is 3. The summed E-state index contributed by atoms with van der Waals surface area (Å²) in [6.45, 7) is 0. The Morgan fingerprint density at radius 2 is 1.28 bits per heavy atom. The summed E-state index contributed by atoms with van der Waals surface area (Å²) in [4.78, 5) is 5.06. The van der Waals surface area contributed by atoms with Gasteiger partial charge >= 0.3 is 0 Å². The van der Waals surface area contributed by atoms with Crippen LogP contribution < -0.4 is 0 Å². The predicted molar refractivity (Wildman–Crippen MR) is 177 cm³/mol. The highest BCUT2D eigenvalue weighted by Gasteiger charge is 2.17. The summed E-state index contributed by atoms with van der Waals surface area (Å²) in [6.07, 6.45) is 0. The van der Waals surface area contributed by atoms with Gasteiger partial charge in [0.15, 0.2) is 0 Å². The monoisotopic (exact) mass is 547 g/mol. The first-order valence-electron chi connectivity index (χ1n) is 14.4. The zero-order chi connectivity index (χ0) is 28.8. The van der Waals surface area contributed by atoms with Crippen LogP contribution in [0.3, 0.4) is 0 Å². The van der Waals surface area contributed by atoms with E-state index in [1.165, 1.54) is 16.3 Å². The van der Waals surface area contributed by atoms with Gasteiger partial charge in [0.1, 0.15) is 5.82 Å². The lowest BCUT2D eigenvalue weighted by Crippen LogP contribution is -1.99. The highest BCUT2D eigenvalue weighted by molar-refractivity contribution is 6.05. The van der Waals surface area contributed by atoms with Gasteiger partial charge in [-0.2, -0.15) is 5.26 Å². The van der Waals surface area contributed by atoms with Crippen LogP contribution in [0, 0.1) is 11.3 Å². The van der Waals surface area contributed by atoms with Crippen LogP contribution in [0.2, 0.25) is 0 Å². The number of benzene rings is 7. The maximum Gasteiger partial charge on any atom is 0.145 e. The number of hydrogen-bond donors (Lipinski definition) is 0. The lowest BCUT2D eigenvalue weighted by Gasteiger charge is -2.16. The molecular formula is C40H25N3. The number of imidazole rings is 1. The van der Waals surface area contributed by atoms with Crippen molar-refractivity contribution in [1.82, 2.24) is 9.55 Å². The van der Waals surface area contributed by atoms with Gasteiger partial charge in [0.2, 0.25) is 0 Å². The summed E-state index contributed by atoms with van der Waals surface area (Å²) in [5, 5.41) is 14.1. The summed E-state index contributed by atoms with van der Waals surface area (Å²) in [5.74, 6) is 0.927. The Morgan fingerprint density at radius 3 is 2.14 bits per heavy atom. The molecule has 0 N–H and O–H groups in total. The van der Waals surface area contributed by atoms with Gasteiger partial charge < -0.3 is 0 Å². The van der Waals surface area contributed by atoms with Crippen LogP contribution in [0.4, 0.5) is 0 Å². The van der Waals surface area contributed by atoms with E-state index in [0.29, 0.717) is 5.56 Å². The van der Waals surface area contributed by atoms with Crippen LogP contribution in [0.5, 0.6) is 0 Å². The maximum absolute atomic E-state index is 9.38. The van der Waals surface area contributed by atoms with Crippen molar-refractivity contribution in [2.75, 3.05) is 0 Å². The molecule has 3 nitrogen and oxygen atoms in total. The van der Waals surface area contributed by atoms with Gasteiger partial charge in [-0.05, 0) is 74.8 Å². The molecule has 1 aromatic heterocycles. The minimum Gasteiger partial charge on any atom is -0.292 e. The van der Waals surface area contributed by atoms with Crippen LogP contribution in [-0.4, -0.2) is 9.55 Å². The van der Waals surface area contributed by atoms with E-state index < -0.39 is 0 Å². The average molecular weight is 548 g/mol. The van der Waals surface area contributed by atoms with Crippen molar-refractivity contribution >= 4 is 32.6 Å². The Kier molecular flexibility index (Phi) is 5.84. The Bertz CT molecular complexity index is 2340. The molecule has 0 aliphatic heterocycles. The van der Waals surface area contributed by atoms with Crippen molar-refractivity contribution in [3.8, 4) is 45.4 Å². The van der Waals surface area contributed by atoms with E-state index in [4.69, 9.17) is 4.98 Å². The normalized spacial score (nSPS) is 11.2. The van der Waals surface area contributed by atoms with E-state index in [1.54, 1.807) is 0 Å². The zero-order valence-electron chi connectivity index (χ0n) is 23.3. The van der Waals surface area contributed by atoms with Crippen LogP contribution >= 0.6 is 0 Å². The van der Waals surface area contributed by atoms with Crippen LogP contribution in [0.1, 0.15) is 5.56 Å². The van der Waals surface area contributed by atoms with Gasteiger partial charge in [0.05, 0.1) is 28.4 Å². The molecule has 0 fully saturated rings. The Hall–Kier alpha value is -5.98. The van der Waals surface area contributed by atoms with Crippen molar-refractivity contribution in [1.29, 1.82) is 5.26 Å². The van der Waals surface area contributed by atoms with E-state index in [2.05, 4.69) is 138 Å². The van der Waals surface area contributed by atoms with E-state index in [9.17, 15) is 5.26 Å². The number of aromatic nitrogens is 2. The summed E-state index contributed by atoms with van der Waals surface area (Å²) in [7, 11) is 0. The van der Waals surface area contributed by atoms with E-state index in [-0.39, 0.29) is 0 Å². The minimum absolute atomic E-state index is 0.658. The van der Waals surface area contributed by atoms with Gasteiger partial charge in [-0.3, -0.25) is 4.57 Å². The molecular weight excluding hydrogens is 522 g/mol. The quantitative estimate of drug-likeness (QED) is 0.220. The topological polar surface area (TPSA) is 41.6 Å². The van der Waals surface area contributed by atoms with Gasteiger partial charge in [0, 0.05) is 10.9 Å². The standard InChI is InChI=1S/C40H25N3/c41-26-27-17-19-29(20-18-27)39-34-13-5-4-9-28(34)21-24-35(39)32-22-23-33-31(25-32)12-8-16-37(33)43-38-15-7-6-14-36(38)42-40(43)30-10-2-1-3-11-30/h1-25H. The first-order chi connectivity index (χ1) is 21.3. The minimum atomic E-state index is 0.658. The maximum atomic E-state index is 9.38. The van der Waals surface area contributed by atoms with E-state index >= 15 is 0 Å². The third kappa shape index (κ3) is 4.17. The van der Waals surface area contributed by atoms with Crippen molar-refractivity contribution in [2.24, 2.45) is 0 Å². The molecule has 0 radical (unpaired) electrons. The van der Waals surface area contributed by atoms with Gasteiger partial charge in [-0.25, -0.2) is 4.98 Å². The van der Waals surface area contributed by atoms with Gasteiger partial charge in [-0.1, -0.05) is 115 Å². The summed E-state index contributed by atoms with van der Waals surface area (Å²) in [5.41, 5.74) is 9.46. The molecule has 0 spiro atoms. The third-order valence-electron chi connectivity index (χ3n) is 8.23. The molecule has 8 rings (SSSR count). The SMILES string of the molecule is N#Cc1ccc(-c2c(-c3ccc4c(-n5c(-c6ccccc6)nc6ccccc65)cccc4c3)ccc3ccccc23)cc1. The average Bonchev–Trinajstić information content (AvgIpc) is 3.47. The van der Waals surface area contributed by atoms with E-state index in [1.807, 2.05) is 24.3 Å². The van der Waals surface area contributed by atoms with Crippen molar-refractivity contribution in [2.45, 2.75) is 0 Å². The van der Waals surface area contributed by atoms with Crippen molar-refractivity contribution in [3.05, 3.63) is 157 Å². The smallest absolute Gasteiger partial charge is 0.145 e. The predicted octanol–water partition coefficient (Wildman–Crippen LogP) is 10.2. The fraction of sp³-hybridized carbons (Fsp3) is 0. The highest BCUT2D eigenvalue weighted by Crippen LogP contribution is 2.40. The second kappa shape index (κ2) is 10.1. The largest absolute Gasteiger partial charge is 0.292 e. The number of nitriles is 1. The Labute approximate surface area is 249 Å². The molecule has 1 heterocycles. The highest BCUT2D eigenvalue weighted by atomic mass is 15.1. The molecule has 0 saturated heterocycles. The number of rotatable bonds is 4. The fourth-order valence-corrected chi connectivity index (χ4v) is 6.21. The van der Waals surface area contributed by atoms with Crippen molar-refractivity contribution in [3.63, 3.8) is 0 Å². The molecule has 0 bridgehead atoms. The summed E-state index contributed by atoms with van der Waals surface area (Å²) < 4.78 is 2.28. The molecule has 0 saturated carbocycles. The van der Waals surface area contributed by atoms with Crippen LogP contribution in [0.25, 0.3) is 71.9 Å². The second-order valence-electron chi connectivity index (χ2n) is 10.7. The Morgan fingerprint density at radius 1 is 0.535 bits per heavy atom. The van der Waals surface area contributed by atoms with E-state index in [0.717, 1.165) is 55.6 Å². The molecule has 8 aromatic rings. The summed E-state index contributed by atoms with van der Waals surface area (Å²) >= 11 is 0. The molecule has 43 heavy (non-hydrogen) atoms. The molecule has 7 aromatic carbocycles. The molecule has 0 aliphatic carbocycles. The number of para-hydroxylation sites is 2. The van der Waals surface area contributed by atoms with Crippen LogP contribution in [-0.2, 0) is 0 Å². The third-order valence-corrected chi connectivity index (χ3v) is 8.23. The lowest BCUT2D eigenvalue weighted by atomic mass is 9.88. The van der Waals surface area contributed by atoms with Gasteiger partial charge in [0.25, 0.3) is 0 Å². The first kappa shape index (κ1) is 24.8. The molecule has 0 atom stereocenters. The molecule has 200 valence electrons. The summed E-state index contributed by atoms with van der Waals surface area (Å²) in [6, 6.07) is 55.0. The number of hydrogen-bond acceptors (Lipinski definition) is 2. The van der Waals surface area contributed by atoms with Crippen molar-refractivity contribution < 1.29 is 0 Å². The molecule has 0 unspecified atom stereocenters. The van der Waals surface area contributed by atoms with Crippen LogP contribution in [0.15, 0.2) is 152 Å². The lowest BCUT2D eigenvalue weighted by molar-refractivity contribution is 1.11. The first-order valence-corrected chi connectivity index (χ1v) is 14.4. The Balaban J connectivity index is 1.35. The molecule has 0 amide bonds. The molecule has 3 heteroatoms. The molecule has 0 aliphatic rings.